The molecule has 0 saturated carbocycles. The lowest BCUT2D eigenvalue weighted by molar-refractivity contribution is -0.142. The molecule has 8 heteroatoms. The number of amides is 2. The Morgan fingerprint density at radius 3 is 2.42 bits per heavy atom. The van der Waals surface area contributed by atoms with E-state index in [-0.39, 0.29) is 25.8 Å². The lowest BCUT2D eigenvalue weighted by Gasteiger charge is -2.07. The summed E-state index contributed by atoms with van der Waals surface area (Å²) in [7, 11) is 1.61. The van der Waals surface area contributed by atoms with E-state index in [4.69, 9.17) is 19.3 Å². The van der Waals surface area contributed by atoms with Crippen LogP contribution in [0.2, 0.25) is 0 Å². The van der Waals surface area contributed by atoms with E-state index in [1.807, 2.05) is 0 Å². The maximum absolute atomic E-state index is 11.2. The van der Waals surface area contributed by atoms with Gasteiger partial charge in [-0.05, 0) is 6.42 Å². The van der Waals surface area contributed by atoms with Crippen molar-refractivity contribution in [3.8, 4) is 0 Å². The fourth-order valence-corrected chi connectivity index (χ4v) is 1.08. The molecule has 0 atom stereocenters. The highest BCUT2D eigenvalue weighted by Crippen LogP contribution is 1.82. The van der Waals surface area contributed by atoms with Crippen LogP contribution in [0.15, 0.2) is 0 Å². The molecule has 3 N–H and O–H groups in total. The highest BCUT2D eigenvalue weighted by atomic mass is 16.5. The first-order valence-electron chi connectivity index (χ1n) is 6.04. The van der Waals surface area contributed by atoms with Gasteiger partial charge in [-0.3, -0.25) is 0 Å². The van der Waals surface area contributed by atoms with Crippen molar-refractivity contribution in [1.82, 2.24) is 10.6 Å². The molecule has 0 aliphatic carbocycles. The molecule has 19 heavy (non-hydrogen) atoms. The molecule has 0 aliphatic rings. The molecular weight excluding hydrogens is 256 g/mol. The maximum atomic E-state index is 11.2. The number of ether oxygens (including phenoxy) is 3. The molecule has 0 rings (SSSR count). The van der Waals surface area contributed by atoms with Crippen molar-refractivity contribution in [1.29, 1.82) is 0 Å². The number of nitrogens with one attached hydrogen (secondary N) is 2. The van der Waals surface area contributed by atoms with Gasteiger partial charge in [0.1, 0.15) is 6.61 Å². The summed E-state index contributed by atoms with van der Waals surface area (Å²) in [5.74, 6) is -1.03. The second-order valence-electron chi connectivity index (χ2n) is 3.59. The molecular formula is C11H22N2O6. The van der Waals surface area contributed by atoms with Crippen molar-refractivity contribution in [2.24, 2.45) is 0 Å². The van der Waals surface area contributed by atoms with Crippen LogP contribution in [0.25, 0.3) is 0 Å². The Bertz CT molecular complexity index is 249. The predicted molar refractivity (Wildman–Crippen MR) is 67.2 cm³/mol. The van der Waals surface area contributed by atoms with Crippen molar-refractivity contribution >= 4 is 12.0 Å². The summed E-state index contributed by atoms with van der Waals surface area (Å²) in [5, 5.41) is 13.5. The third-order valence-electron chi connectivity index (χ3n) is 1.94. The Hall–Kier alpha value is -1.38. The Labute approximate surface area is 112 Å². The highest BCUT2D eigenvalue weighted by Gasteiger charge is 1.99. The molecule has 0 fully saturated rings. The highest BCUT2D eigenvalue weighted by molar-refractivity contribution is 5.73. The summed E-state index contributed by atoms with van der Waals surface area (Å²) in [6, 6.07) is -0.309. The molecule has 8 nitrogen and oxygen atoms in total. The topological polar surface area (TPSA) is 106 Å². The van der Waals surface area contributed by atoms with Gasteiger partial charge in [-0.1, -0.05) is 0 Å². The summed E-state index contributed by atoms with van der Waals surface area (Å²) >= 11 is 0. The number of rotatable bonds is 12. The normalized spacial score (nSPS) is 10.2. The minimum Gasteiger partial charge on any atom is -0.480 e. The maximum Gasteiger partial charge on any atom is 0.329 e. The van der Waals surface area contributed by atoms with Crippen LogP contribution >= 0.6 is 0 Å². The molecule has 0 spiro atoms. The van der Waals surface area contributed by atoms with Crippen LogP contribution in [0.4, 0.5) is 4.79 Å². The summed E-state index contributed by atoms with van der Waals surface area (Å²) in [6.45, 7) is 2.25. The number of carboxylic acids is 1. The molecule has 112 valence electrons. The number of hydrogen-bond acceptors (Lipinski definition) is 5. The zero-order valence-electron chi connectivity index (χ0n) is 11.1. The molecule has 0 aliphatic heterocycles. The second-order valence-corrected chi connectivity index (χ2v) is 3.59. The molecule has 0 bridgehead atoms. The molecule has 0 heterocycles. The largest absolute Gasteiger partial charge is 0.480 e. The monoisotopic (exact) mass is 278 g/mol. The van der Waals surface area contributed by atoms with Crippen LogP contribution in [0.5, 0.6) is 0 Å². The van der Waals surface area contributed by atoms with Gasteiger partial charge in [0.15, 0.2) is 0 Å². The standard InChI is InChI=1S/C11H22N2O6/c1-17-7-8-18-5-2-3-12-11(16)13-4-6-19-9-10(14)15/h2-9H2,1H3,(H,14,15)(H2,12,13,16). The van der Waals surface area contributed by atoms with Crippen LogP contribution in [-0.2, 0) is 19.0 Å². The zero-order chi connectivity index (χ0) is 14.3. The molecule has 0 radical (unpaired) electrons. The second kappa shape index (κ2) is 13.1. The number of carboxylic acid groups (broad SMARTS) is 1. The molecule has 0 saturated heterocycles. The minimum atomic E-state index is -1.03. The Morgan fingerprint density at radius 1 is 1.00 bits per heavy atom. The number of aliphatic carboxylic acids is 1. The van der Waals surface area contributed by atoms with Gasteiger partial charge in [-0.2, -0.15) is 0 Å². The van der Waals surface area contributed by atoms with E-state index < -0.39 is 5.97 Å². The van der Waals surface area contributed by atoms with E-state index in [0.717, 1.165) is 0 Å². The van der Waals surface area contributed by atoms with Crippen LogP contribution in [0.3, 0.4) is 0 Å². The Kier molecular flexibility index (Phi) is 12.1. The summed E-state index contributed by atoms with van der Waals surface area (Å²) in [4.78, 5) is 21.3. The molecule has 0 aromatic heterocycles. The van der Waals surface area contributed by atoms with Gasteiger partial charge in [-0.25, -0.2) is 9.59 Å². The quantitative estimate of drug-likeness (QED) is 0.413. The molecule has 0 aromatic carbocycles. The first kappa shape index (κ1) is 17.6. The van der Waals surface area contributed by atoms with E-state index in [1.165, 1.54) is 0 Å². The van der Waals surface area contributed by atoms with Crippen LogP contribution in [0.1, 0.15) is 6.42 Å². The summed E-state index contributed by atoms with van der Waals surface area (Å²) in [6.07, 6.45) is 0.715. The number of carbonyl (C=O) groups excluding carboxylic acids is 1. The number of methoxy groups -OCH3 is 1. The fourth-order valence-electron chi connectivity index (χ4n) is 1.08. The number of urea groups is 1. The Balaban J connectivity index is 3.19. The van der Waals surface area contributed by atoms with Gasteiger partial charge >= 0.3 is 12.0 Å². The van der Waals surface area contributed by atoms with Crippen LogP contribution in [-0.4, -0.2) is 70.3 Å². The first-order valence-corrected chi connectivity index (χ1v) is 6.04. The lowest BCUT2D eigenvalue weighted by Crippen LogP contribution is -2.38. The third-order valence-corrected chi connectivity index (χ3v) is 1.94. The zero-order valence-corrected chi connectivity index (χ0v) is 11.1. The third kappa shape index (κ3) is 14.6. The fraction of sp³-hybridized carbons (Fsp3) is 0.818. The average Bonchev–Trinajstić information content (AvgIpc) is 2.37. The first-order chi connectivity index (χ1) is 9.16. The molecule has 2 amide bonds. The van der Waals surface area contributed by atoms with Crippen molar-refractivity contribution in [3.63, 3.8) is 0 Å². The van der Waals surface area contributed by atoms with E-state index in [1.54, 1.807) is 7.11 Å². The number of hydrogen-bond donors (Lipinski definition) is 3. The molecule has 0 aromatic rings. The van der Waals surface area contributed by atoms with Crippen molar-refractivity contribution < 1.29 is 28.9 Å². The lowest BCUT2D eigenvalue weighted by atomic mass is 10.4. The van der Waals surface area contributed by atoms with Gasteiger partial charge in [0, 0.05) is 26.8 Å². The SMILES string of the molecule is COCCOCCCNC(=O)NCCOCC(=O)O. The van der Waals surface area contributed by atoms with Crippen LogP contribution in [0, 0.1) is 0 Å². The van der Waals surface area contributed by atoms with E-state index in [9.17, 15) is 9.59 Å². The predicted octanol–water partition coefficient (Wildman–Crippen LogP) is -0.560. The summed E-state index contributed by atoms with van der Waals surface area (Å²) in [5.41, 5.74) is 0. The van der Waals surface area contributed by atoms with E-state index in [2.05, 4.69) is 10.6 Å². The minimum absolute atomic E-state index is 0.167. The van der Waals surface area contributed by atoms with E-state index in [0.29, 0.717) is 32.8 Å². The van der Waals surface area contributed by atoms with Crippen molar-refractivity contribution in [3.05, 3.63) is 0 Å². The van der Waals surface area contributed by atoms with Crippen LogP contribution < -0.4 is 10.6 Å². The smallest absolute Gasteiger partial charge is 0.329 e. The van der Waals surface area contributed by atoms with Gasteiger partial charge in [0.2, 0.25) is 0 Å². The van der Waals surface area contributed by atoms with Gasteiger partial charge in [0.25, 0.3) is 0 Å². The van der Waals surface area contributed by atoms with Gasteiger partial charge in [-0.15, -0.1) is 0 Å². The summed E-state index contributed by atoms with van der Waals surface area (Å²) < 4.78 is 14.8. The molecule has 0 unspecified atom stereocenters. The average molecular weight is 278 g/mol. The van der Waals surface area contributed by atoms with E-state index >= 15 is 0 Å². The van der Waals surface area contributed by atoms with Gasteiger partial charge in [0.05, 0.1) is 19.8 Å². The number of carbonyl (C=O) groups is 2. The van der Waals surface area contributed by atoms with Crippen molar-refractivity contribution in [2.75, 3.05) is 53.2 Å². The Morgan fingerprint density at radius 2 is 1.74 bits per heavy atom. The van der Waals surface area contributed by atoms with Crippen molar-refractivity contribution in [2.45, 2.75) is 6.42 Å². The van der Waals surface area contributed by atoms with Gasteiger partial charge < -0.3 is 30.0 Å².